The Morgan fingerprint density at radius 3 is 2.94 bits per heavy atom. The molecule has 2 heterocycles. The van der Waals surface area contributed by atoms with Crippen molar-refractivity contribution in [3.63, 3.8) is 0 Å². The van der Waals surface area contributed by atoms with E-state index in [0.29, 0.717) is 0 Å². The summed E-state index contributed by atoms with van der Waals surface area (Å²) in [5.41, 5.74) is 5.08. The highest BCUT2D eigenvalue weighted by molar-refractivity contribution is 9.11. The molecule has 1 aliphatic heterocycles. The average molecular weight is 303 g/mol. The van der Waals surface area contributed by atoms with Gasteiger partial charge in [-0.2, -0.15) is 0 Å². The van der Waals surface area contributed by atoms with Crippen LogP contribution in [0.2, 0.25) is 0 Å². The fraction of sp³-hybridized carbons (Fsp3) is 0.545. The zero-order chi connectivity index (χ0) is 11.8. The Morgan fingerprint density at radius 2 is 2.44 bits per heavy atom. The lowest BCUT2D eigenvalue weighted by Gasteiger charge is -2.20. The molecule has 3 nitrogen and oxygen atoms in total. The summed E-state index contributed by atoms with van der Waals surface area (Å²) in [5, 5.41) is 0. The SMILES string of the molecule is CC1(C(N)=O)CCN(Cc2ccc(Br)s2)C1. The number of nitrogens with two attached hydrogens (primary N) is 1. The Bertz CT molecular complexity index is 406. The number of nitrogens with zero attached hydrogens (tertiary/aromatic N) is 1. The van der Waals surface area contributed by atoms with E-state index >= 15 is 0 Å². The monoisotopic (exact) mass is 302 g/mol. The number of primary amides is 1. The second kappa shape index (κ2) is 4.47. The molecular formula is C11H15BrN2OS. The van der Waals surface area contributed by atoms with Crippen LogP contribution >= 0.6 is 27.3 Å². The number of halogens is 1. The first-order chi connectivity index (χ1) is 7.49. The van der Waals surface area contributed by atoms with Crippen LogP contribution < -0.4 is 5.73 Å². The molecule has 0 saturated carbocycles. The molecule has 1 unspecified atom stereocenters. The molecule has 1 aromatic heterocycles. The normalized spacial score (nSPS) is 26.1. The first-order valence-corrected chi connectivity index (χ1v) is 6.87. The summed E-state index contributed by atoms with van der Waals surface area (Å²) >= 11 is 5.20. The van der Waals surface area contributed by atoms with E-state index in [1.54, 1.807) is 11.3 Å². The van der Waals surface area contributed by atoms with Gasteiger partial charge in [0, 0.05) is 18.0 Å². The third-order valence-corrected chi connectivity index (χ3v) is 4.76. The van der Waals surface area contributed by atoms with Crippen molar-refractivity contribution in [2.24, 2.45) is 11.1 Å². The van der Waals surface area contributed by atoms with Crippen molar-refractivity contribution in [1.82, 2.24) is 4.90 Å². The molecule has 1 aliphatic rings. The van der Waals surface area contributed by atoms with E-state index in [4.69, 9.17) is 5.73 Å². The largest absolute Gasteiger partial charge is 0.369 e. The van der Waals surface area contributed by atoms with Crippen LogP contribution in [-0.2, 0) is 11.3 Å². The highest BCUT2D eigenvalue weighted by Gasteiger charge is 2.38. The summed E-state index contributed by atoms with van der Waals surface area (Å²) in [7, 11) is 0. The summed E-state index contributed by atoms with van der Waals surface area (Å²) in [5.74, 6) is -0.178. The van der Waals surface area contributed by atoms with Crippen LogP contribution in [0.25, 0.3) is 0 Å². The van der Waals surface area contributed by atoms with Gasteiger partial charge < -0.3 is 5.73 Å². The van der Waals surface area contributed by atoms with Crippen LogP contribution in [0.1, 0.15) is 18.2 Å². The topological polar surface area (TPSA) is 46.3 Å². The maximum atomic E-state index is 11.3. The summed E-state index contributed by atoms with van der Waals surface area (Å²) < 4.78 is 1.15. The van der Waals surface area contributed by atoms with Crippen molar-refractivity contribution in [3.8, 4) is 0 Å². The molecule has 1 amide bonds. The van der Waals surface area contributed by atoms with Crippen LogP contribution in [0.3, 0.4) is 0 Å². The van der Waals surface area contributed by atoms with Crippen molar-refractivity contribution in [2.45, 2.75) is 19.9 Å². The fourth-order valence-corrected chi connectivity index (χ4v) is 3.58. The lowest BCUT2D eigenvalue weighted by atomic mass is 9.89. The zero-order valence-corrected chi connectivity index (χ0v) is 11.6. The lowest BCUT2D eigenvalue weighted by molar-refractivity contribution is -0.126. The third kappa shape index (κ3) is 2.47. The summed E-state index contributed by atoms with van der Waals surface area (Å²) in [6, 6.07) is 4.18. The summed E-state index contributed by atoms with van der Waals surface area (Å²) in [4.78, 5) is 14.9. The van der Waals surface area contributed by atoms with E-state index in [2.05, 4.69) is 33.0 Å². The van der Waals surface area contributed by atoms with Gasteiger partial charge in [0.25, 0.3) is 0 Å². The van der Waals surface area contributed by atoms with Gasteiger partial charge in [0.2, 0.25) is 5.91 Å². The van der Waals surface area contributed by atoms with Gasteiger partial charge >= 0.3 is 0 Å². The number of hydrogen-bond donors (Lipinski definition) is 1. The van der Waals surface area contributed by atoms with Crippen LogP contribution in [0.4, 0.5) is 0 Å². The molecule has 0 bridgehead atoms. The molecule has 0 spiro atoms. The van der Waals surface area contributed by atoms with Crippen LogP contribution in [-0.4, -0.2) is 23.9 Å². The lowest BCUT2D eigenvalue weighted by Crippen LogP contribution is -2.36. The highest BCUT2D eigenvalue weighted by atomic mass is 79.9. The van der Waals surface area contributed by atoms with Gasteiger partial charge in [0.05, 0.1) is 9.20 Å². The second-order valence-corrected chi connectivity index (χ2v) is 7.14. The number of thiophene rings is 1. The van der Waals surface area contributed by atoms with Gasteiger partial charge in [0.1, 0.15) is 0 Å². The Labute approximate surface area is 108 Å². The van der Waals surface area contributed by atoms with Crippen LogP contribution in [0.5, 0.6) is 0 Å². The number of carbonyl (C=O) groups excluding carboxylic acids is 1. The van der Waals surface area contributed by atoms with E-state index in [1.165, 1.54) is 4.88 Å². The summed E-state index contributed by atoms with van der Waals surface area (Å²) in [6.07, 6.45) is 0.870. The minimum atomic E-state index is -0.339. The molecule has 1 aromatic rings. The van der Waals surface area contributed by atoms with Gasteiger partial charge in [-0.25, -0.2) is 0 Å². The molecule has 0 radical (unpaired) electrons. The fourth-order valence-electron chi connectivity index (χ4n) is 2.05. The van der Waals surface area contributed by atoms with E-state index in [-0.39, 0.29) is 11.3 Å². The van der Waals surface area contributed by atoms with Gasteiger partial charge in [-0.05, 0) is 48.0 Å². The van der Waals surface area contributed by atoms with E-state index in [1.807, 2.05) is 6.92 Å². The number of amides is 1. The predicted molar refractivity (Wildman–Crippen MR) is 69.2 cm³/mol. The Hall–Kier alpha value is -0.390. The maximum absolute atomic E-state index is 11.3. The molecule has 1 fully saturated rings. The Kier molecular flexibility index (Phi) is 3.37. The van der Waals surface area contributed by atoms with Crippen molar-refractivity contribution in [2.75, 3.05) is 13.1 Å². The molecule has 1 atom stereocenters. The van der Waals surface area contributed by atoms with Gasteiger partial charge in [-0.1, -0.05) is 0 Å². The predicted octanol–water partition coefficient (Wildman–Crippen LogP) is 2.21. The molecule has 5 heteroatoms. The second-order valence-electron chi connectivity index (χ2n) is 4.59. The highest BCUT2D eigenvalue weighted by Crippen LogP contribution is 2.31. The Balaban J connectivity index is 1.97. The van der Waals surface area contributed by atoms with Gasteiger partial charge in [-0.15, -0.1) is 11.3 Å². The number of hydrogen-bond acceptors (Lipinski definition) is 3. The molecule has 0 aromatic carbocycles. The molecule has 1 saturated heterocycles. The van der Waals surface area contributed by atoms with Crippen molar-refractivity contribution >= 4 is 33.2 Å². The van der Waals surface area contributed by atoms with Crippen molar-refractivity contribution < 1.29 is 4.79 Å². The average Bonchev–Trinajstić information content (AvgIpc) is 2.75. The zero-order valence-electron chi connectivity index (χ0n) is 9.20. The first-order valence-electron chi connectivity index (χ1n) is 5.26. The Morgan fingerprint density at radius 1 is 1.69 bits per heavy atom. The minimum absolute atomic E-state index is 0.178. The number of carbonyl (C=O) groups is 1. The minimum Gasteiger partial charge on any atom is -0.369 e. The van der Waals surface area contributed by atoms with Crippen LogP contribution in [0.15, 0.2) is 15.9 Å². The third-order valence-electron chi connectivity index (χ3n) is 3.16. The smallest absolute Gasteiger partial charge is 0.224 e. The molecule has 2 N–H and O–H groups in total. The van der Waals surface area contributed by atoms with Crippen LogP contribution in [0, 0.1) is 5.41 Å². The molecular weight excluding hydrogens is 288 g/mol. The van der Waals surface area contributed by atoms with E-state index < -0.39 is 0 Å². The maximum Gasteiger partial charge on any atom is 0.224 e. The number of rotatable bonds is 3. The molecule has 0 aliphatic carbocycles. The van der Waals surface area contributed by atoms with E-state index in [9.17, 15) is 4.79 Å². The molecule has 16 heavy (non-hydrogen) atoms. The molecule has 2 rings (SSSR count). The van der Waals surface area contributed by atoms with Gasteiger partial charge in [-0.3, -0.25) is 9.69 Å². The standard InChI is InChI=1S/C11H15BrN2OS/c1-11(10(13)15)4-5-14(7-11)6-8-2-3-9(12)16-8/h2-3H,4-7H2,1H3,(H2,13,15). The van der Waals surface area contributed by atoms with Crippen molar-refractivity contribution in [1.29, 1.82) is 0 Å². The van der Waals surface area contributed by atoms with Crippen molar-refractivity contribution in [3.05, 3.63) is 20.8 Å². The van der Waals surface area contributed by atoms with E-state index in [0.717, 1.165) is 29.8 Å². The van der Waals surface area contributed by atoms with Gasteiger partial charge in [0.15, 0.2) is 0 Å². The first kappa shape index (κ1) is 12.1. The quantitative estimate of drug-likeness (QED) is 0.930. The molecule has 88 valence electrons. The summed E-state index contributed by atoms with van der Waals surface area (Å²) in [6.45, 7) is 4.60. The number of likely N-dealkylation sites (tertiary alicyclic amines) is 1.